The second-order valence-corrected chi connectivity index (χ2v) is 10.7. The molecule has 0 aliphatic carbocycles. The number of aryl methyl sites for hydroxylation is 1. The first kappa shape index (κ1) is 13.6. The van der Waals surface area contributed by atoms with Gasteiger partial charge in [0.15, 0.2) is 0 Å². The number of hydrogen-bond donors (Lipinski definition) is 0. The molecule has 0 saturated carbocycles. The Hall–Kier alpha value is -1.78. The third-order valence-electron chi connectivity index (χ3n) is 3.11. The zero-order chi connectivity index (χ0) is 14.0. The second-order valence-electron chi connectivity index (χ2n) is 5.94. The van der Waals surface area contributed by atoms with E-state index in [1.165, 1.54) is 21.9 Å². The molecule has 0 fully saturated rings. The Balaban J connectivity index is 2.48. The van der Waals surface area contributed by atoms with Gasteiger partial charge in [-0.25, -0.2) is 0 Å². The summed E-state index contributed by atoms with van der Waals surface area (Å²) in [6.45, 7) is 13.0. The zero-order valence-corrected chi connectivity index (χ0v) is 13.2. The zero-order valence-electron chi connectivity index (χ0n) is 12.2. The fourth-order valence-electron chi connectivity index (χ4n) is 2.08. The normalized spacial score (nSPS) is 10.9. The number of benzene rings is 2. The van der Waals surface area contributed by atoms with Gasteiger partial charge in [-0.2, -0.15) is 0 Å². The van der Waals surface area contributed by atoms with Crippen molar-refractivity contribution >= 4 is 24.4 Å². The molecule has 2 aromatic carbocycles. The lowest BCUT2D eigenvalue weighted by Gasteiger charge is -2.09. The minimum Gasteiger partial charge on any atom is -0.127 e. The quantitative estimate of drug-likeness (QED) is 0.500. The van der Waals surface area contributed by atoms with Gasteiger partial charge in [0.2, 0.25) is 0 Å². The second kappa shape index (κ2) is 5.07. The first-order valence-corrected chi connectivity index (χ1v) is 10.1. The molecule has 0 aliphatic rings. The summed E-state index contributed by atoms with van der Waals surface area (Å²) in [5, 5.41) is 2.56. The van der Waals surface area contributed by atoms with Gasteiger partial charge in [-0.05, 0) is 28.8 Å². The van der Waals surface area contributed by atoms with Crippen molar-refractivity contribution in [2.45, 2.75) is 26.6 Å². The van der Waals surface area contributed by atoms with Crippen LogP contribution < -0.4 is 0 Å². The molecular formula is C18H20Si. The molecule has 0 unspecified atom stereocenters. The van der Waals surface area contributed by atoms with Gasteiger partial charge in [-0.15, -0.1) is 5.54 Å². The van der Waals surface area contributed by atoms with Crippen LogP contribution in [0.15, 0.2) is 43.0 Å². The third kappa shape index (κ3) is 3.16. The van der Waals surface area contributed by atoms with Crippen LogP contribution >= 0.6 is 0 Å². The molecule has 0 spiro atoms. The lowest BCUT2D eigenvalue weighted by molar-refractivity contribution is 1.49. The molecule has 0 amide bonds. The molecule has 0 aromatic heterocycles. The van der Waals surface area contributed by atoms with Gasteiger partial charge < -0.3 is 0 Å². The molecule has 0 atom stereocenters. The van der Waals surface area contributed by atoms with Crippen LogP contribution in [0.5, 0.6) is 0 Å². The Morgan fingerprint density at radius 3 is 2.42 bits per heavy atom. The highest BCUT2D eigenvalue weighted by Gasteiger charge is 2.09. The average Bonchev–Trinajstić information content (AvgIpc) is 2.36. The van der Waals surface area contributed by atoms with Gasteiger partial charge in [0.25, 0.3) is 0 Å². The van der Waals surface area contributed by atoms with E-state index in [1.807, 2.05) is 0 Å². The predicted octanol–water partition coefficient (Wildman–Crippen LogP) is 5.04. The van der Waals surface area contributed by atoms with E-state index < -0.39 is 8.07 Å². The molecule has 0 bridgehead atoms. The van der Waals surface area contributed by atoms with E-state index in [1.54, 1.807) is 0 Å². The predicted molar refractivity (Wildman–Crippen MR) is 88.8 cm³/mol. The minimum absolute atomic E-state index is 0.936. The van der Waals surface area contributed by atoms with Crippen molar-refractivity contribution in [2.24, 2.45) is 0 Å². The lowest BCUT2D eigenvalue weighted by Crippen LogP contribution is -2.16. The van der Waals surface area contributed by atoms with E-state index in [-0.39, 0.29) is 0 Å². The van der Waals surface area contributed by atoms with Crippen LogP contribution in [0.4, 0.5) is 0 Å². The first-order chi connectivity index (χ1) is 8.88. The number of rotatable bonds is 1. The molecule has 0 saturated heterocycles. The molecule has 0 heterocycles. The number of fused-ring (bicyclic) bond motifs is 1. The SMILES string of the molecule is C=C(C#C[Si](C)(C)C)c1ccc2ccccc2c1C. The summed E-state index contributed by atoms with van der Waals surface area (Å²) in [6, 6.07) is 12.7. The molecular weight excluding hydrogens is 244 g/mol. The summed E-state index contributed by atoms with van der Waals surface area (Å²) in [6.07, 6.45) is 0. The van der Waals surface area contributed by atoms with Crippen molar-refractivity contribution in [1.29, 1.82) is 0 Å². The van der Waals surface area contributed by atoms with E-state index in [4.69, 9.17) is 0 Å². The highest BCUT2D eigenvalue weighted by Crippen LogP contribution is 2.25. The van der Waals surface area contributed by atoms with Crippen LogP contribution in [0, 0.1) is 18.4 Å². The maximum atomic E-state index is 4.14. The summed E-state index contributed by atoms with van der Waals surface area (Å²) in [7, 11) is -1.35. The molecule has 19 heavy (non-hydrogen) atoms. The van der Waals surface area contributed by atoms with Gasteiger partial charge in [0.05, 0.1) is 0 Å². The van der Waals surface area contributed by atoms with Crippen molar-refractivity contribution in [3.05, 3.63) is 54.1 Å². The molecule has 96 valence electrons. The van der Waals surface area contributed by atoms with E-state index >= 15 is 0 Å². The Kier molecular flexibility index (Phi) is 3.64. The highest BCUT2D eigenvalue weighted by molar-refractivity contribution is 6.84. The van der Waals surface area contributed by atoms with Crippen molar-refractivity contribution in [1.82, 2.24) is 0 Å². The van der Waals surface area contributed by atoms with Crippen LogP contribution in [0.25, 0.3) is 16.3 Å². The monoisotopic (exact) mass is 264 g/mol. The van der Waals surface area contributed by atoms with Crippen molar-refractivity contribution in [3.8, 4) is 11.5 Å². The molecule has 2 rings (SSSR count). The van der Waals surface area contributed by atoms with E-state index in [2.05, 4.69) is 81.0 Å². The highest BCUT2D eigenvalue weighted by atomic mass is 28.3. The van der Waals surface area contributed by atoms with Crippen molar-refractivity contribution in [2.75, 3.05) is 0 Å². The Bertz CT molecular complexity index is 691. The van der Waals surface area contributed by atoms with Gasteiger partial charge in [0, 0.05) is 5.57 Å². The molecule has 0 aliphatic heterocycles. The minimum atomic E-state index is -1.35. The topological polar surface area (TPSA) is 0 Å². The smallest absolute Gasteiger partial charge is 0.127 e. The van der Waals surface area contributed by atoms with Crippen LogP contribution in [0.2, 0.25) is 19.6 Å². The number of allylic oxidation sites excluding steroid dienone is 1. The third-order valence-corrected chi connectivity index (χ3v) is 3.99. The summed E-state index contributed by atoms with van der Waals surface area (Å²) >= 11 is 0. The van der Waals surface area contributed by atoms with Gasteiger partial charge >= 0.3 is 0 Å². The van der Waals surface area contributed by atoms with Crippen LogP contribution in [-0.4, -0.2) is 8.07 Å². The van der Waals surface area contributed by atoms with E-state index in [0.29, 0.717) is 0 Å². The summed E-state index contributed by atoms with van der Waals surface area (Å²) in [5.41, 5.74) is 6.76. The maximum Gasteiger partial charge on any atom is 0.129 e. The molecule has 0 N–H and O–H groups in total. The van der Waals surface area contributed by atoms with Crippen LogP contribution in [0.3, 0.4) is 0 Å². The van der Waals surface area contributed by atoms with Crippen molar-refractivity contribution in [3.63, 3.8) is 0 Å². The van der Waals surface area contributed by atoms with E-state index in [9.17, 15) is 0 Å². The Labute approximate surface area is 117 Å². The Morgan fingerprint density at radius 1 is 1.05 bits per heavy atom. The number of hydrogen-bond acceptors (Lipinski definition) is 0. The average molecular weight is 264 g/mol. The lowest BCUT2D eigenvalue weighted by atomic mass is 9.96. The van der Waals surface area contributed by atoms with E-state index in [0.717, 1.165) is 5.57 Å². The van der Waals surface area contributed by atoms with Crippen LogP contribution in [-0.2, 0) is 0 Å². The molecule has 0 nitrogen and oxygen atoms in total. The fraction of sp³-hybridized carbons (Fsp3) is 0.222. The molecule has 1 heteroatoms. The maximum absolute atomic E-state index is 4.14. The first-order valence-electron chi connectivity index (χ1n) is 6.59. The van der Waals surface area contributed by atoms with Crippen molar-refractivity contribution < 1.29 is 0 Å². The molecule has 2 aromatic rings. The summed E-state index contributed by atoms with van der Waals surface area (Å²) in [4.78, 5) is 0. The molecule has 0 radical (unpaired) electrons. The van der Waals surface area contributed by atoms with Crippen LogP contribution in [0.1, 0.15) is 11.1 Å². The van der Waals surface area contributed by atoms with Gasteiger partial charge in [-0.3, -0.25) is 0 Å². The van der Waals surface area contributed by atoms with Gasteiger partial charge in [0.1, 0.15) is 8.07 Å². The fourth-order valence-corrected chi connectivity index (χ4v) is 2.61. The Morgan fingerprint density at radius 2 is 1.74 bits per heavy atom. The standard InChI is InChI=1S/C18H20Si/c1-14(12-13-19(3,4)5)17-11-10-16-8-6-7-9-18(16)15(17)2/h6-11H,1H2,2-5H3. The summed E-state index contributed by atoms with van der Waals surface area (Å²) < 4.78 is 0. The van der Waals surface area contributed by atoms with Gasteiger partial charge in [-0.1, -0.05) is 68.5 Å². The summed E-state index contributed by atoms with van der Waals surface area (Å²) in [5.74, 6) is 3.26. The largest absolute Gasteiger partial charge is 0.129 e.